The molecule has 0 spiro atoms. The number of rotatable bonds is 5. The van der Waals surface area contributed by atoms with Gasteiger partial charge in [0.05, 0.1) is 6.42 Å². The highest BCUT2D eigenvalue weighted by atomic mass is 16.5. The molecule has 1 saturated heterocycles. The SMILES string of the molecule is COCC(=O)CC(=O)C1CCCO1. The molecule has 4 nitrogen and oxygen atoms in total. The molecule has 0 aromatic rings. The molecule has 0 N–H and O–H groups in total. The Labute approximate surface area is 77.2 Å². The van der Waals surface area contributed by atoms with E-state index in [2.05, 4.69) is 4.74 Å². The van der Waals surface area contributed by atoms with Gasteiger partial charge in [0.15, 0.2) is 11.6 Å². The van der Waals surface area contributed by atoms with Crippen molar-refractivity contribution in [1.29, 1.82) is 0 Å². The highest BCUT2D eigenvalue weighted by Gasteiger charge is 2.24. The van der Waals surface area contributed by atoms with Gasteiger partial charge < -0.3 is 9.47 Å². The molecule has 74 valence electrons. The third-order valence-corrected chi connectivity index (χ3v) is 1.97. The van der Waals surface area contributed by atoms with Crippen molar-refractivity contribution in [2.24, 2.45) is 0 Å². The minimum absolute atomic E-state index is 0.0124. The van der Waals surface area contributed by atoms with Gasteiger partial charge in [-0.3, -0.25) is 9.59 Å². The molecule has 0 saturated carbocycles. The summed E-state index contributed by atoms with van der Waals surface area (Å²) in [4.78, 5) is 22.3. The van der Waals surface area contributed by atoms with E-state index in [-0.39, 0.29) is 30.7 Å². The molecule has 4 heteroatoms. The average Bonchev–Trinajstić information content (AvgIpc) is 2.55. The first kappa shape index (κ1) is 10.3. The van der Waals surface area contributed by atoms with Gasteiger partial charge >= 0.3 is 0 Å². The standard InChI is InChI=1S/C9H14O4/c1-12-6-7(10)5-8(11)9-3-2-4-13-9/h9H,2-6H2,1H3. The topological polar surface area (TPSA) is 52.6 Å². The lowest BCUT2D eigenvalue weighted by Gasteiger charge is -2.06. The average molecular weight is 186 g/mol. The number of ketones is 2. The first-order chi connectivity index (χ1) is 6.24. The van der Waals surface area contributed by atoms with Crippen molar-refractivity contribution in [3.63, 3.8) is 0 Å². The predicted molar refractivity (Wildman–Crippen MR) is 45.5 cm³/mol. The number of carbonyl (C=O) groups excluding carboxylic acids is 2. The normalized spacial score (nSPS) is 21.8. The van der Waals surface area contributed by atoms with Gasteiger partial charge in [-0.2, -0.15) is 0 Å². The summed E-state index contributed by atoms with van der Waals surface area (Å²) in [5.74, 6) is -0.289. The van der Waals surface area contributed by atoms with Crippen molar-refractivity contribution in [3.05, 3.63) is 0 Å². The molecular formula is C9H14O4. The predicted octanol–water partition coefficient (Wildman–Crippen LogP) is 0.340. The number of ether oxygens (including phenoxy) is 2. The lowest BCUT2D eigenvalue weighted by atomic mass is 10.1. The minimum Gasteiger partial charge on any atom is -0.377 e. The summed E-state index contributed by atoms with van der Waals surface area (Å²) < 4.78 is 9.78. The number of Topliss-reactive ketones (excluding diaryl/α,β-unsaturated/α-hetero) is 2. The van der Waals surface area contributed by atoms with Crippen LogP contribution in [-0.2, 0) is 19.1 Å². The van der Waals surface area contributed by atoms with Gasteiger partial charge in [0.2, 0.25) is 0 Å². The fourth-order valence-corrected chi connectivity index (χ4v) is 1.35. The lowest BCUT2D eigenvalue weighted by Crippen LogP contribution is -2.23. The zero-order chi connectivity index (χ0) is 9.68. The van der Waals surface area contributed by atoms with E-state index < -0.39 is 0 Å². The Bertz CT molecular complexity index is 194. The Morgan fingerprint density at radius 1 is 1.54 bits per heavy atom. The van der Waals surface area contributed by atoms with Gasteiger partial charge in [-0.05, 0) is 12.8 Å². The summed E-state index contributed by atoms with van der Waals surface area (Å²) in [6.45, 7) is 0.646. The van der Waals surface area contributed by atoms with Gasteiger partial charge in [0.1, 0.15) is 12.7 Å². The number of methoxy groups -OCH3 is 1. The van der Waals surface area contributed by atoms with Gasteiger partial charge in [-0.25, -0.2) is 0 Å². The van der Waals surface area contributed by atoms with E-state index in [4.69, 9.17) is 4.74 Å². The molecule has 0 amide bonds. The van der Waals surface area contributed by atoms with Crippen LogP contribution in [0.5, 0.6) is 0 Å². The highest BCUT2D eigenvalue weighted by Crippen LogP contribution is 2.14. The largest absolute Gasteiger partial charge is 0.377 e. The second kappa shape index (κ2) is 5.09. The molecule has 0 bridgehead atoms. The molecular weight excluding hydrogens is 172 g/mol. The maximum absolute atomic E-state index is 11.3. The highest BCUT2D eigenvalue weighted by molar-refractivity contribution is 6.01. The summed E-state index contributed by atoms with van der Waals surface area (Å²) in [7, 11) is 1.44. The van der Waals surface area contributed by atoms with Crippen molar-refractivity contribution in [2.45, 2.75) is 25.4 Å². The second-order valence-corrected chi connectivity index (χ2v) is 3.12. The van der Waals surface area contributed by atoms with Gasteiger partial charge in [0.25, 0.3) is 0 Å². The molecule has 1 unspecified atom stereocenters. The summed E-state index contributed by atoms with van der Waals surface area (Å²) in [6, 6.07) is 0. The van der Waals surface area contributed by atoms with E-state index in [0.29, 0.717) is 6.61 Å². The summed E-state index contributed by atoms with van der Waals surface area (Å²) in [6.07, 6.45) is 1.26. The molecule has 1 rings (SSSR count). The smallest absolute Gasteiger partial charge is 0.168 e. The molecule has 0 aromatic heterocycles. The summed E-state index contributed by atoms with van der Waals surface area (Å²) in [5.41, 5.74) is 0. The van der Waals surface area contributed by atoms with Crippen LogP contribution < -0.4 is 0 Å². The van der Waals surface area contributed by atoms with E-state index in [0.717, 1.165) is 12.8 Å². The van der Waals surface area contributed by atoms with E-state index in [1.807, 2.05) is 0 Å². The van der Waals surface area contributed by atoms with Crippen LogP contribution in [0.3, 0.4) is 0 Å². The van der Waals surface area contributed by atoms with Crippen LogP contribution in [0.4, 0.5) is 0 Å². The molecule has 1 fully saturated rings. The van der Waals surface area contributed by atoms with Crippen LogP contribution in [0.1, 0.15) is 19.3 Å². The maximum Gasteiger partial charge on any atom is 0.168 e. The molecule has 1 aliphatic rings. The van der Waals surface area contributed by atoms with Crippen molar-refractivity contribution in [2.75, 3.05) is 20.3 Å². The number of hydrogen-bond donors (Lipinski definition) is 0. The van der Waals surface area contributed by atoms with Gasteiger partial charge in [-0.15, -0.1) is 0 Å². The van der Waals surface area contributed by atoms with E-state index in [1.54, 1.807) is 0 Å². The Kier molecular flexibility index (Phi) is 4.05. The molecule has 1 atom stereocenters. The molecule has 1 heterocycles. The molecule has 13 heavy (non-hydrogen) atoms. The maximum atomic E-state index is 11.3. The Morgan fingerprint density at radius 2 is 2.31 bits per heavy atom. The zero-order valence-corrected chi connectivity index (χ0v) is 7.75. The lowest BCUT2D eigenvalue weighted by molar-refractivity contribution is -0.134. The zero-order valence-electron chi connectivity index (χ0n) is 7.75. The summed E-state index contributed by atoms with van der Waals surface area (Å²) in [5, 5.41) is 0. The van der Waals surface area contributed by atoms with Crippen molar-refractivity contribution in [3.8, 4) is 0 Å². The van der Waals surface area contributed by atoms with Crippen LogP contribution in [0.25, 0.3) is 0 Å². The van der Waals surface area contributed by atoms with Crippen LogP contribution in [-0.4, -0.2) is 38.0 Å². The minimum atomic E-state index is -0.346. The van der Waals surface area contributed by atoms with Crippen molar-refractivity contribution in [1.82, 2.24) is 0 Å². The molecule has 0 radical (unpaired) electrons. The quantitative estimate of drug-likeness (QED) is 0.581. The first-order valence-corrected chi connectivity index (χ1v) is 4.39. The molecule has 1 aliphatic heterocycles. The van der Waals surface area contributed by atoms with E-state index in [1.165, 1.54) is 7.11 Å². The number of carbonyl (C=O) groups is 2. The Morgan fingerprint density at radius 3 is 2.85 bits per heavy atom. The van der Waals surface area contributed by atoms with Crippen LogP contribution in [0.15, 0.2) is 0 Å². The third kappa shape index (κ3) is 3.24. The van der Waals surface area contributed by atoms with Gasteiger partial charge in [-0.1, -0.05) is 0 Å². The van der Waals surface area contributed by atoms with Gasteiger partial charge in [0, 0.05) is 13.7 Å². The monoisotopic (exact) mass is 186 g/mol. The van der Waals surface area contributed by atoms with Crippen molar-refractivity contribution < 1.29 is 19.1 Å². The first-order valence-electron chi connectivity index (χ1n) is 4.39. The fourth-order valence-electron chi connectivity index (χ4n) is 1.35. The third-order valence-electron chi connectivity index (χ3n) is 1.97. The fraction of sp³-hybridized carbons (Fsp3) is 0.778. The summed E-state index contributed by atoms with van der Waals surface area (Å²) >= 11 is 0. The molecule has 0 aromatic carbocycles. The molecule has 0 aliphatic carbocycles. The van der Waals surface area contributed by atoms with Crippen molar-refractivity contribution >= 4 is 11.6 Å². The van der Waals surface area contributed by atoms with E-state index >= 15 is 0 Å². The Hall–Kier alpha value is -0.740. The Balaban J connectivity index is 2.27. The van der Waals surface area contributed by atoms with Crippen LogP contribution in [0, 0.1) is 0 Å². The van der Waals surface area contributed by atoms with Crippen LogP contribution >= 0.6 is 0 Å². The second-order valence-electron chi connectivity index (χ2n) is 3.12. The number of hydrogen-bond acceptors (Lipinski definition) is 4. The van der Waals surface area contributed by atoms with Crippen LogP contribution in [0.2, 0.25) is 0 Å². The van der Waals surface area contributed by atoms with E-state index in [9.17, 15) is 9.59 Å².